The molecule has 0 unspecified atom stereocenters. The van der Waals surface area contributed by atoms with Crippen LogP contribution in [0.1, 0.15) is 13.8 Å². The van der Waals surface area contributed by atoms with Crippen molar-refractivity contribution in [1.29, 1.82) is 5.41 Å². The van der Waals surface area contributed by atoms with E-state index in [1.54, 1.807) is 12.2 Å². The summed E-state index contributed by atoms with van der Waals surface area (Å²) in [5.74, 6) is 0.0995. The number of thiocarbonyl (C=S) groups is 2. The highest BCUT2D eigenvalue weighted by Gasteiger charge is 2.41. The van der Waals surface area contributed by atoms with E-state index in [4.69, 9.17) is 17.6 Å². The minimum Gasteiger partial charge on any atom is -0.300 e. The molecule has 0 saturated carbocycles. The molecule has 3 nitrogen and oxygen atoms in total. The van der Waals surface area contributed by atoms with Crippen molar-refractivity contribution in [2.24, 2.45) is 0 Å². The van der Waals surface area contributed by atoms with Crippen molar-refractivity contribution in [3.8, 4) is 0 Å². The molecule has 72 valence electrons. The maximum atomic E-state index is 11.3. The molecule has 1 heterocycles. The van der Waals surface area contributed by atoms with Crippen LogP contribution >= 0.6 is 36.2 Å². The molecule has 0 aliphatic carbocycles. The molecule has 1 amide bonds. The van der Waals surface area contributed by atoms with Crippen LogP contribution < -0.4 is 0 Å². The van der Waals surface area contributed by atoms with Gasteiger partial charge >= 0.3 is 0 Å². The van der Waals surface area contributed by atoms with E-state index in [1.165, 1.54) is 16.7 Å². The van der Waals surface area contributed by atoms with E-state index in [-0.39, 0.29) is 10.7 Å². The molecule has 13 heavy (non-hydrogen) atoms. The number of thioether (sulfide) groups is 1. The van der Waals surface area contributed by atoms with Gasteiger partial charge in [0.2, 0.25) is 5.91 Å². The number of isothiocyanates is 1. The van der Waals surface area contributed by atoms with Gasteiger partial charge in [-0.25, -0.2) is 5.41 Å². The first-order valence-corrected chi connectivity index (χ1v) is 5.05. The lowest BCUT2D eigenvalue weighted by molar-refractivity contribution is -0.127. The second-order valence-electron chi connectivity index (χ2n) is 2.84. The number of rotatable bonds is 0. The Hall–Kier alpha value is -0.290. The van der Waals surface area contributed by atoms with E-state index in [0.717, 1.165) is 0 Å². The Morgan fingerprint density at radius 1 is 1.62 bits per heavy atom. The van der Waals surface area contributed by atoms with Crippen molar-refractivity contribution in [3.05, 3.63) is 0 Å². The van der Waals surface area contributed by atoms with Gasteiger partial charge in [-0.05, 0) is 26.1 Å². The fourth-order valence-electron chi connectivity index (χ4n) is 0.817. The number of nitrogens with one attached hydrogen (secondary N) is 1. The standard InChI is InChI=1S/C6H9NOS2.CHNS/c1-6(2)4(8)7(3)5(9)10-6;2-1-3/h1-3H3;2H. The van der Waals surface area contributed by atoms with Gasteiger partial charge in [0.15, 0.2) is 0 Å². The van der Waals surface area contributed by atoms with Gasteiger partial charge in [-0.15, -0.1) is 0 Å². The Morgan fingerprint density at radius 2 is 2.00 bits per heavy atom. The van der Waals surface area contributed by atoms with Gasteiger partial charge in [-0.1, -0.05) is 24.0 Å². The van der Waals surface area contributed by atoms with Crippen molar-refractivity contribution in [2.45, 2.75) is 18.6 Å². The Labute approximate surface area is 92.4 Å². The van der Waals surface area contributed by atoms with Crippen LogP contribution in [0.15, 0.2) is 0 Å². The zero-order chi connectivity index (χ0) is 10.6. The zero-order valence-corrected chi connectivity index (χ0v) is 10.0. The van der Waals surface area contributed by atoms with E-state index < -0.39 is 0 Å². The summed E-state index contributed by atoms with van der Waals surface area (Å²) in [6.07, 6.45) is 0. The first-order valence-electron chi connectivity index (χ1n) is 3.42. The molecule has 1 fully saturated rings. The van der Waals surface area contributed by atoms with Crippen LogP contribution in [0.2, 0.25) is 0 Å². The monoisotopic (exact) mass is 234 g/mol. The fraction of sp³-hybridized carbons (Fsp3) is 0.571. The third kappa shape index (κ3) is 3.15. The second kappa shape index (κ2) is 4.81. The molecule has 1 aliphatic rings. The quantitative estimate of drug-likeness (QED) is 0.514. The Balaban J connectivity index is 0.000000424. The molecule has 0 radical (unpaired) electrons. The minimum absolute atomic E-state index is 0.0995. The lowest BCUT2D eigenvalue weighted by atomic mass is 10.2. The minimum atomic E-state index is -0.341. The van der Waals surface area contributed by atoms with E-state index in [9.17, 15) is 4.79 Å². The second-order valence-corrected chi connectivity index (χ2v) is 5.31. The first-order chi connectivity index (χ1) is 5.86. The maximum absolute atomic E-state index is 11.3. The Bertz CT molecular complexity index is 269. The smallest absolute Gasteiger partial charge is 0.243 e. The van der Waals surface area contributed by atoms with Crippen LogP contribution in [-0.2, 0) is 4.79 Å². The summed E-state index contributed by atoms with van der Waals surface area (Å²) >= 11 is 10.2. The van der Waals surface area contributed by atoms with Gasteiger partial charge in [0, 0.05) is 7.05 Å². The summed E-state index contributed by atoms with van der Waals surface area (Å²) in [4.78, 5) is 12.8. The summed E-state index contributed by atoms with van der Waals surface area (Å²) in [6, 6.07) is 0. The topological polar surface area (TPSA) is 44.2 Å². The highest BCUT2D eigenvalue weighted by atomic mass is 32.2. The number of hydrogen-bond acceptors (Lipinski definition) is 5. The number of carbonyl (C=O) groups is 1. The van der Waals surface area contributed by atoms with Crippen LogP contribution in [0.3, 0.4) is 0 Å². The molecule has 0 aromatic carbocycles. The molecule has 0 atom stereocenters. The molecule has 6 heteroatoms. The third-order valence-corrected chi connectivity index (χ3v) is 3.09. The molecular weight excluding hydrogens is 224 g/mol. The molecule has 0 aromatic rings. The summed E-state index contributed by atoms with van der Waals surface area (Å²) in [5, 5.41) is 7.36. The van der Waals surface area contributed by atoms with Gasteiger partial charge in [-0.3, -0.25) is 9.69 Å². The molecule has 1 aliphatic heterocycles. The lowest BCUT2D eigenvalue weighted by Gasteiger charge is -2.11. The molecule has 0 aromatic heterocycles. The maximum Gasteiger partial charge on any atom is 0.243 e. The predicted molar refractivity (Wildman–Crippen MR) is 62.4 cm³/mol. The van der Waals surface area contributed by atoms with E-state index in [1.807, 2.05) is 13.8 Å². The molecule has 0 spiro atoms. The average molecular weight is 234 g/mol. The van der Waals surface area contributed by atoms with Crippen LogP contribution in [0.5, 0.6) is 0 Å². The molecule has 0 bridgehead atoms. The van der Waals surface area contributed by atoms with Crippen molar-refractivity contribution in [2.75, 3.05) is 7.05 Å². The molecule has 1 rings (SSSR count). The van der Waals surface area contributed by atoms with Crippen LogP contribution in [0.4, 0.5) is 0 Å². The summed E-state index contributed by atoms with van der Waals surface area (Å²) in [5.41, 5.74) is 0. The van der Waals surface area contributed by atoms with E-state index in [0.29, 0.717) is 4.32 Å². The normalized spacial score (nSPS) is 19.2. The summed E-state index contributed by atoms with van der Waals surface area (Å²) in [6.45, 7) is 3.77. The predicted octanol–water partition coefficient (Wildman–Crippen LogP) is 1.92. The van der Waals surface area contributed by atoms with Crippen molar-refractivity contribution in [3.63, 3.8) is 0 Å². The van der Waals surface area contributed by atoms with Crippen molar-refractivity contribution in [1.82, 2.24) is 4.90 Å². The van der Waals surface area contributed by atoms with Gasteiger partial charge in [0.25, 0.3) is 0 Å². The molecular formula is C7H10N2OS3. The van der Waals surface area contributed by atoms with E-state index >= 15 is 0 Å². The highest BCUT2D eigenvalue weighted by molar-refractivity contribution is 8.24. The van der Waals surface area contributed by atoms with Crippen LogP contribution in [-0.4, -0.2) is 32.1 Å². The van der Waals surface area contributed by atoms with Crippen molar-refractivity contribution >= 4 is 51.6 Å². The van der Waals surface area contributed by atoms with Gasteiger partial charge in [0.05, 0.1) is 9.91 Å². The number of carbonyl (C=O) groups excluding carboxylic acids is 1. The van der Waals surface area contributed by atoms with Crippen LogP contribution in [0.25, 0.3) is 0 Å². The average Bonchev–Trinajstić information content (AvgIpc) is 2.16. The van der Waals surface area contributed by atoms with E-state index in [2.05, 4.69) is 12.2 Å². The number of amides is 1. The molecule has 1 saturated heterocycles. The lowest BCUT2D eigenvalue weighted by Crippen LogP contribution is -2.32. The number of hydrogen-bond donors (Lipinski definition) is 1. The highest BCUT2D eigenvalue weighted by Crippen LogP contribution is 2.35. The largest absolute Gasteiger partial charge is 0.300 e. The van der Waals surface area contributed by atoms with Crippen molar-refractivity contribution < 1.29 is 4.79 Å². The SMILES string of the molecule is CN1C(=O)C(C)(C)SC1=S.N=C=S. The van der Waals surface area contributed by atoms with Crippen LogP contribution in [0, 0.1) is 5.41 Å². The first kappa shape index (κ1) is 12.7. The zero-order valence-electron chi connectivity index (χ0n) is 7.58. The Morgan fingerprint density at radius 3 is 2.08 bits per heavy atom. The summed E-state index contributed by atoms with van der Waals surface area (Å²) in [7, 11) is 1.71. The third-order valence-electron chi connectivity index (χ3n) is 1.44. The van der Waals surface area contributed by atoms with Gasteiger partial charge in [0.1, 0.15) is 4.32 Å². The molecule has 1 N–H and O–H groups in total. The summed E-state index contributed by atoms with van der Waals surface area (Å²) < 4.78 is 0.334. The van der Waals surface area contributed by atoms with Gasteiger partial charge < -0.3 is 0 Å². The Kier molecular flexibility index (Phi) is 4.70. The number of nitrogens with zero attached hydrogens (tertiary/aromatic N) is 1. The fourth-order valence-corrected chi connectivity index (χ4v) is 2.41. The van der Waals surface area contributed by atoms with Gasteiger partial charge in [-0.2, -0.15) is 0 Å².